The Labute approximate surface area is 166 Å². The smallest absolute Gasteiger partial charge is 0.282 e. The molecule has 0 radical (unpaired) electrons. The summed E-state index contributed by atoms with van der Waals surface area (Å²) < 4.78 is 13.3. The molecule has 0 spiro atoms. The van der Waals surface area contributed by atoms with Gasteiger partial charge in [0.1, 0.15) is 11.5 Å². The minimum absolute atomic E-state index is 0.338. The van der Waals surface area contributed by atoms with Gasteiger partial charge < -0.3 is 4.90 Å². The number of thiophene rings is 1. The summed E-state index contributed by atoms with van der Waals surface area (Å²) in [4.78, 5) is 30.4. The van der Waals surface area contributed by atoms with Crippen molar-refractivity contribution >= 4 is 40.1 Å². The Morgan fingerprint density at radius 2 is 1.64 bits per heavy atom. The van der Waals surface area contributed by atoms with E-state index in [1.807, 2.05) is 59.7 Å². The third kappa shape index (κ3) is 3.01. The highest BCUT2D eigenvalue weighted by Crippen LogP contribution is 2.38. The van der Waals surface area contributed by atoms with Gasteiger partial charge in [0.25, 0.3) is 11.8 Å². The standard InChI is InChI=1S/C22H17FN2O2S/c1-2-24(16-7-4-3-5-8-16)20-19(18-9-6-14-28-18)21(26)25(22(20)27)17-12-10-15(23)11-13-17/h3-14H,2H2,1H3. The number of para-hydroxylation sites is 1. The van der Waals surface area contributed by atoms with E-state index in [0.29, 0.717) is 23.5 Å². The minimum atomic E-state index is -0.422. The molecule has 0 N–H and O–H groups in total. The molecule has 2 aromatic carbocycles. The number of benzene rings is 2. The van der Waals surface area contributed by atoms with Gasteiger partial charge in [0.15, 0.2) is 0 Å². The van der Waals surface area contributed by atoms with E-state index in [0.717, 1.165) is 15.5 Å². The van der Waals surface area contributed by atoms with Crippen LogP contribution in [0.5, 0.6) is 0 Å². The Morgan fingerprint density at radius 1 is 0.929 bits per heavy atom. The van der Waals surface area contributed by atoms with Gasteiger partial charge in [0, 0.05) is 17.1 Å². The van der Waals surface area contributed by atoms with Crippen molar-refractivity contribution in [2.45, 2.75) is 6.92 Å². The molecule has 0 aliphatic carbocycles. The fourth-order valence-corrected chi connectivity index (χ4v) is 4.08. The van der Waals surface area contributed by atoms with E-state index < -0.39 is 17.6 Å². The number of halogens is 1. The zero-order chi connectivity index (χ0) is 19.7. The molecule has 3 aromatic rings. The van der Waals surface area contributed by atoms with Crippen LogP contribution in [0, 0.1) is 5.82 Å². The van der Waals surface area contributed by atoms with Gasteiger partial charge in [-0.25, -0.2) is 9.29 Å². The molecule has 0 saturated heterocycles. The van der Waals surface area contributed by atoms with Crippen LogP contribution in [0.1, 0.15) is 11.8 Å². The van der Waals surface area contributed by atoms with Crippen molar-refractivity contribution in [1.29, 1.82) is 0 Å². The zero-order valence-electron chi connectivity index (χ0n) is 15.1. The topological polar surface area (TPSA) is 40.6 Å². The molecule has 28 heavy (non-hydrogen) atoms. The lowest BCUT2D eigenvalue weighted by Gasteiger charge is -2.24. The summed E-state index contributed by atoms with van der Waals surface area (Å²) in [5, 5.41) is 1.87. The Bertz CT molecular complexity index is 1040. The molecule has 6 heteroatoms. The summed E-state index contributed by atoms with van der Waals surface area (Å²) >= 11 is 1.41. The number of hydrogen-bond donors (Lipinski definition) is 0. The number of carbonyl (C=O) groups is 2. The van der Waals surface area contributed by atoms with E-state index in [4.69, 9.17) is 0 Å². The lowest BCUT2D eigenvalue weighted by atomic mass is 10.1. The predicted octanol–water partition coefficient (Wildman–Crippen LogP) is 4.70. The minimum Gasteiger partial charge on any atom is -0.337 e. The van der Waals surface area contributed by atoms with Gasteiger partial charge in [-0.1, -0.05) is 24.3 Å². The quantitative estimate of drug-likeness (QED) is 0.591. The Hall–Kier alpha value is -3.25. The van der Waals surface area contributed by atoms with E-state index >= 15 is 0 Å². The van der Waals surface area contributed by atoms with Crippen molar-refractivity contribution in [3.8, 4) is 0 Å². The van der Waals surface area contributed by atoms with Gasteiger partial charge in [-0.15, -0.1) is 11.3 Å². The van der Waals surface area contributed by atoms with Crippen molar-refractivity contribution in [1.82, 2.24) is 0 Å². The maximum atomic E-state index is 13.4. The van der Waals surface area contributed by atoms with Crippen LogP contribution in [-0.4, -0.2) is 18.4 Å². The molecular weight excluding hydrogens is 375 g/mol. The monoisotopic (exact) mass is 392 g/mol. The molecule has 2 heterocycles. The van der Waals surface area contributed by atoms with Gasteiger partial charge in [-0.3, -0.25) is 9.59 Å². The third-order valence-electron chi connectivity index (χ3n) is 4.57. The maximum Gasteiger partial charge on any atom is 0.282 e. The van der Waals surface area contributed by atoms with Gasteiger partial charge in [-0.2, -0.15) is 0 Å². The summed E-state index contributed by atoms with van der Waals surface area (Å²) in [6, 6.07) is 18.5. The van der Waals surface area contributed by atoms with Crippen molar-refractivity contribution in [2.24, 2.45) is 0 Å². The summed E-state index contributed by atoms with van der Waals surface area (Å²) in [5.74, 6) is -1.23. The fraction of sp³-hybridized carbons (Fsp3) is 0.0909. The number of imide groups is 1. The molecular formula is C22H17FN2O2S. The van der Waals surface area contributed by atoms with Crippen molar-refractivity contribution in [3.05, 3.63) is 88.5 Å². The summed E-state index contributed by atoms with van der Waals surface area (Å²) in [5.41, 5.74) is 1.89. The molecule has 2 amide bonds. The number of likely N-dealkylation sites (N-methyl/N-ethyl adjacent to an activating group) is 1. The molecule has 0 unspecified atom stereocenters. The molecule has 0 bridgehead atoms. The Balaban J connectivity index is 1.87. The second-order valence-electron chi connectivity index (χ2n) is 6.20. The Kier molecular flexibility index (Phi) is 4.79. The summed E-state index contributed by atoms with van der Waals surface area (Å²) in [7, 11) is 0. The molecule has 4 nitrogen and oxygen atoms in total. The lowest BCUT2D eigenvalue weighted by Crippen LogP contribution is -2.35. The largest absolute Gasteiger partial charge is 0.337 e. The van der Waals surface area contributed by atoms with Crippen LogP contribution in [0.2, 0.25) is 0 Å². The second-order valence-corrected chi connectivity index (χ2v) is 7.15. The molecule has 0 atom stereocenters. The molecule has 1 aliphatic heterocycles. The number of hydrogen-bond acceptors (Lipinski definition) is 4. The molecule has 140 valence electrons. The number of amides is 2. The summed E-state index contributed by atoms with van der Waals surface area (Å²) in [6.07, 6.45) is 0. The van der Waals surface area contributed by atoms with Crippen molar-refractivity contribution in [2.75, 3.05) is 16.3 Å². The van der Waals surface area contributed by atoms with Gasteiger partial charge in [-0.05, 0) is 54.8 Å². The van der Waals surface area contributed by atoms with Gasteiger partial charge >= 0.3 is 0 Å². The Morgan fingerprint density at radius 3 is 2.25 bits per heavy atom. The first-order valence-electron chi connectivity index (χ1n) is 8.87. The van der Waals surface area contributed by atoms with Crippen LogP contribution >= 0.6 is 11.3 Å². The highest BCUT2D eigenvalue weighted by atomic mass is 32.1. The first-order chi connectivity index (χ1) is 13.6. The normalized spacial score (nSPS) is 14.1. The van der Waals surface area contributed by atoms with Crippen LogP contribution in [-0.2, 0) is 9.59 Å². The molecule has 0 fully saturated rings. The van der Waals surface area contributed by atoms with Crippen LogP contribution in [0.25, 0.3) is 5.57 Å². The summed E-state index contributed by atoms with van der Waals surface area (Å²) in [6.45, 7) is 2.45. The van der Waals surface area contributed by atoms with Crippen molar-refractivity contribution in [3.63, 3.8) is 0 Å². The first kappa shape index (κ1) is 18.1. The highest BCUT2D eigenvalue weighted by molar-refractivity contribution is 7.11. The molecule has 4 rings (SSSR count). The second kappa shape index (κ2) is 7.40. The van der Waals surface area contributed by atoms with E-state index in [2.05, 4.69) is 0 Å². The zero-order valence-corrected chi connectivity index (χ0v) is 15.9. The number of nitrogens with zero attached hydrogens (tertiary/aromatic N) is 2. The third-order valence-corrected chi connectivity index (χ3v) is 5.45. The van der Waals surface area contributed by atoms with Crippen LogP contribution < -0.4 is 9.80 Å². The van der Waals surface area contributed by atoms with Crippen LogP contribution in [0.3, 0.4) is 0 Å². The average molecular weight is 392 g/mol. The average Bonchev–Trinajstić information content (AvgIpc) is 3.32. The van der Waals surface area contributed by atoms with E-state index in [1.165, 1.54) is 35.6 Å². The number of carbonyl (C=O) groups excluding carboxylic acids is 2. The SMILES string of the molecule is CCN(C1=C(c2cccs2)C(=O)N(c2ccc(F)cc2)C1=O)c1ccccc1. The van der Waals surface area contributed by atoms with E-state index in [-0.39, 0.29) is 0 Å². The van der Waals surface area contributed by atoms with E-state index in [9.17, 15) is 14.0 Å². The van der Waals surface area contributed by atoms with Crippen LogP contribution in [0.15, 0.2) is 77.8 Å². The number of anilines is 2. The lowest BCUT2D eigenvalue weighted by molar-refractivity contribution is -0.120. The van der Waals surface area contributed by atoms with Crippen LogP contribution in [0.4, 0.5) is 15.8 Å². The maximum absolute atomic E-state index is 13.4. The first-order valence-corrected chi connectivity index (χ1v) is 9.75. The molecule has 1 aliphatic rings. The van der Waals surface area contributed by atoms with Gasteiger partial charge in [0.05, 0.1) is 11.3 Å². The fourth-order valence-electron chi connectivity index (χ4n) is 3.31. The molecule has 0 saturated carbocycles. The number of rotatable bonds is 5. The van der Waals surface area contributed by atoms with E-state index in [1.54, 1.807) is 0 Å². The van der Waals surface area contributed by atoms with Gasteiger partial charge in [0.2, 0.25) is 0 Å². The predicted molar refractivity (Wildman–Crippen MR) is 110 cm³/mol. The van der Waals surface area contributed by atoms with Crippen molar-refractivity contribution < 1.29 is 14.0 Å². The molecule has 1 aromatic heterocycles. The highest BCUT2D eigenvalue weighted by Gasteiger charge is 2.43.